The van der Waals surface area contributed by atoms with E-state index in [1.165, 1.54) is 20.3 Å². The van der Waals surface area contributed by atoms with E-state index in [0.717, 1.165) is 35.1 Å². The van der Waals surface area contributed by atoms with Gasteiger partial charge in [0.2, 0.25) is 5.82 Å². The Kier molecular flexibility index (Phi) is 9.24. The van der Waals surface area contributed by atoms with Crippen LogP contribution in [0.25, 0.3) is 22.5 Å². The van der Waals surface area contributed by atoms with E-state index in [0.29, 0.717) is 40.6 Å². The number of carbonyl (C=O) groups excluding carboxylic acids is 1. The van der Waals surface area contributed by atoms with Crippen LogP contribution in [0.1, 0.15) is 64.9 Å². The summed E-state index contributed by atoms with van der Waals surface area (Å²) in [6.07, 6.45) is 1.72. The van der Waals surface area contributed by atoms with Crippen molar-refractivity contribution in [2.24, 2.45) is 0 Å². The zero-order valence-corrected chi connectivity index (χ0v) is 25.1. The van der Waals surface area contributed by atoms with Crippen molar-refractivity contribution in [3.05, 3.63) is 105 Å². The lowest BCUT2D eigenvalue weighted by atomic mass is 9.98. The van der Waals surface area contributed by atoms with E-state index in [1.54, 1.807) is 13.0 Å². The van der Waals surface area contributed by atoms with Gasteiger partial charge in [-0.2, -0.15) is 9.94 Å². The SMILES string of the molecule is CCCCc1nc(Cl)c(C(=O)c2ccc(C(OC)OC)c(C)[n+]2[O-])n1Cc1ccc(-c2ccccc2-c2nn[nH]n2)cc1. The van der Waals surface area contributed by atoms with E-state index in [9.17, 15) is 10.0 Å². The molecule has 0 aliphatic rings. The van der Waals surface area contributed by atoms with Gasteiger partial charge in [0, 0.05) is 45.7 Å². The van der Waals surface area contributed by atoms with Crippen LogP contribution < -0.4 is 4.73 Å². The Hall–Kier alpha value is -4.45. The van der Waals surface area contributed by atoms with Crippen LogP contribution in [0.3, 0.4) is 0 Å². The normalized spacial score (nSPS) is 11.4. The van der Waals surface area contributed by atoms with Gasteiger partial charge in [-0.25, -0.2) is 4.98 Å². The molecular weight excluding hydrogens is 570 g/mol. The van der Waals surface area contributed by atoms with Crippen LogP contribution in [0.5, 0.6) is 0 Å². The summed E-state index contributed by atoms with van der Waals surface area (Å²) in [5.74, 6) is 0.684. The maximum Gasteiger partial charge on any atom is 0.277 e. The average Bonchev–Trinajstić information content (AvgIpc) is 3.67. The Labute approximate surface area is 254 Å². The molecule has 5 aromatic rings. The van der Waals surface area contributed by atoms with Crippen LogP contribution in [0, 0.1) is 12.1 Å². The van der Waals surface area contributed by atoms with Gasteiger partial charge in [-0.3, -0.25) is 4.79 Å². The molecule has 0 saturated heterocycles. The number of methoxy groups -OCH3 is 2. The Bertz CT molecular complexity index is 1720. The monoisotopic (exact) mass is 601 g/mol. The molecule has 3 aromatic heterocycles. The Morgan fingerprint density at radius 3 is 2.44 bits per heavy atom. The number of hydrogen-bond donors (Lipinski definition) is 1. The zero-order chi connectivity index (χ0) is 30.5. The molecule has 0 fully saturated rings. The first-order valence-corrected chi connectivity index (χ1v) is 14.3. The number of ketones is 1. The lowest BCUT2D eigenvalue weighted by molar-refractivity contribution is -0.615. The number of pyridine rings is 1. The van der Waals surface area contributed by atoms with Crippen LogP contribution >= 0.6 is 11.6 Å². The fraction of sp³-hybridized carbons (Fsp3) is 0.290. The highest BCUT2D eigenvalue weighted by Crippen LogP contribution is 2.30. The standard InChI is InChI=1S/C31H32ClN7O4/c1-5-6-11-26-33-29(32)27(28(40)25-17-16-22(19(2)39(25)41)31(42-3)43-4)38(26)18-20-12-14-21(15-13-20)23-9-7-8-10-24(23)30-34-36-37-35-30/h7-10,12-17,31H,5-6,11,18H2,1-4H3,(H,34,35,36,37). The Morgan fingerprint density at radius 1 is 1.07 bits per heavy atom. The summed E-state index contributed by atoms with van der Waals surface area (Å²) in [4.78, 5) is 18.5. The number of aryl methyl sites for hydroxylation is 1. The number of nitrogens with one attached hydrogen (secondary N) is 1. The van der Waals surface area contributed by atoms with Crippen LogP contribution in [-0.2, 0) is 22.4 Å². The van der Waals surface area contributed by atoms with Crippen molar-refractivity contribution in [2.45, 2.75) is 45.9 Å². The minimum absolute atomic E-state index is 0.0641. The lowest BCUT2D eigenvalue weighted by Gasteiger charge is -2.17. The molecule has 11 nitrogen and oxygen atoms in total. The Morgan fingerprint density at radius 2 is 1.79 bits per heavy atom. The van der Waals surface area contributed by atoms with Gasteiger partial charge < -0.3 is 19.2 Å². The molecular formula is C31H32ClN7O4. The molecule has 0 aliphatic carbocycles. The first-order chi connectivity index (χ1) is 20.9. The topological polar surface area (TPSA) is 135 Å². The quantitative estimate of drug-likeness (QED) is 0.0888. The van der Waals surface area contributed by atoms with Crippen molar-refractivity contribution >= 4 is 17.4 Å². The summed E-state index contributed by atoms with van der Waals surface area (Å²) in [7, 11) is 2.97. The minimum atomic E-state index is -0.735. The predicted octanol–water partition coefficient (Wildman–Crippen LogP) is 5.24. The van der Waals surface area contributed by atoms with Gasteiger partial charge in [-0.05, 0) is 34.4 Å². The largest absolute Gasteiger partial charge is 0.618 e. The molecule has 43 heavy (non-hydrogen) atoms. The highest BCUT2D eigenvalue weighted by Gasteiger charge is 2.30. The second-order valence-corrected chi connectivity index (χ2v) is 10.4. The number of imidazole rings is 1. The fourth-order valence-corrected chi connectivity index (χ4v) is 5.39. The van der Waals surface area contributed by atoms with Crippen LogP contribution in [0.15, 0.2) is 60.7 Å². The third-order valence-electron chi connectivity index (χ3n) is 7.37. The van der Waals surface area contributed by atoms with Crippen molar-refractivity contribution in [1.82, 2.24) is 30.2 Å². The number of ether oxygens (including phenoxy) is 2. The fourth-order valence-electron chi connectivity index (χ4n) is 5.10. The number of aromatic nitrogens is 7. The number of hydrogen-bond acceptors (Lipinski definition) is 8. The molecule has 5 rings (SSSR count). The molecule has 0 radical (unpaired) electrons. The van der Waals surface area contributed by atoms with Gasteiger partial charge in [-0.1, -0.05) is 73.5 Å². The van der Waals surface area contributed by atoms with Gasteiger partial charge in [0.25, 0.3) is 11.5 Å². The minimum Gasteiger partial charge on any atom is -0.618 e. The average molecular weight is 602 g/mol. The van der Waals surface area contributed by atoms with Crippen molar-refractivity contribution in [3.63, 3.8) is 0 Å². The van der Waals surface area contributed by atoms with Crippen molar-refractivity contribution in [1.29, 1.82) is 0 Å². The molecule has 2 aromatic carbocycles. The summed E-state index contributed by atoms with van der Waals surface area (Å²) in [5, 5.41) is 27.8. The van der Waals surface area contributed by atoms with E-state index in [2.05, 4.69) is 32.5 Å². The Balaban J connectivity index is 1.50. The molecule has 0 aliphatic heterocycles. The molecule has 12 heteroatoms. The number of tetrazole rings is 1. The molecule has 3 heterocycles. The first kappa shape index (κ1) is 30.0. The van der Waals surface area contributed by atoms with Crippen molar-refractivity contribution < 1.29 is 19.0 Å². The van der Waals surface area contributed by atoms with E-state index in [1.807, 2.05) is 53.1 Å². The molecule has 0 saturated carbocycles. The number of nitrogens with zero attached hydrogens (tertiary/aromatic N) is 6. The smallest absolute Gasteiger partial charge is 0.277 e. The third-order valence-corrected chi connectivity index (χ3v) is 7.63. The van der Waals surface area contributed by atoms with Gasteiger partial charge in [-0.15, -0.1) is 10.2 Å². The molecule has 0 amide bonds. The van der Waals surface area contributed by atoms with Gasteiger partial charge >= 0.3 is 0 Å². The van der Waals surface area contributed by atoms with Crippen LogP contribution in [-0.4, -0.2) is 50.2 Å². The second kappa shape index (κ2) is 13.2. The number of carbonyl (C=O) groups is 1. The predicted molar refractivity (Wildman–Crippen MR) is 160 cm³/mol. The third kappa shape index (κ3) is 6.05. The van der Waals surface area contributed by atoms with E-state index in [4.69, 9.17) is 21.1 Å². The van der Waals surface area contributed by atoms with Crippen molar-refractivity contribution in [2.75, 3.05) is 14.2 Å². The molecule has 0 unspecified atom stereocenters. The van der Waals surface area contributed by atoms with E-state index >= 15 is 0 Å². The number of benzene rings is 2. The van der Waals surface area contributed by atoms with E-state index in [-0.39, 0.29) is 16.5 Å². The molecule has 0 bridgehead atoms. The molecule has 1 N–H and O–H groups in total. The summed E-state index contributed by atoms with van der Waals surface area (Å²) in [6, 6.07) is 19.0. The van der Waals surface area contributed by atoms with Gasteiger partial charge in [0.1, 0.15) is 11.5 Å². The van der Waals surface area contributed by atoms with Crippen molar-refractivity contribution in [3.8, 4) is 22.5 Å². The zero-order valence-electron chi connectivity index (χ0n) is 24.4. The number of aromatic amines is 1. The van der Waals surface area contributed by atoms with E-state index < -0.39 is 12.1 Å². The maximum atomic E-state index is 13.9. The number of unbranched alkanes of at least 4 members (excludes halogenated alkanes) is 1. The first-order valence-electron chi connectivity index (χ1n) is 13.9. The number of rotatable bonds is 12. The molecule has 0 atom stereocenters. The lowest BCUT2D eigenvalue weighted by Crippen LogP contribution is -2.40. The highest BCUT2D eigenvalue weighted by molar-refractivity contribution is 6.33. The highest BCUT2D eigenvalue weighted by atomic mass is 35.5. The summed E-state index contributed by atoms with van der Waals surface area (Å²) < 4.78 is 13.0. The molecule has 0 spiro atoms. The van der Waals surface area contributed by atoms with Crippen LogP contribution in [0.2, 0.25) is 5.15 Å². The maximum absolute atomic E-state index is 13.9. The number of H-pyrrole nitrogens is 1. The van der Waals surface area contributed by atoms with Gasteiger partial charge in [0.05, 0.1) is 5.56 Å². The summed E-state index contributed by atoms with van der Waals surface area (Å²) in [5.41, 5.74) is 4.66. The second-order valence-electron chi connectivity index (χ2n) is 10.0. The van der Waals surface area contributed by atoms with Crippen LogP contribution in [0.4, 0.5) is 0 Å². The number of halogens is 1. The summed E-state index contributed by atoms with van der Waals surface area (Å²) >= 11 is 6.61. The van der Waals surface area contributed by atoms with Gasteiger partial charge in [0.15, 0.2) is 17.1 Å². The molecule has 222 valence electrons. The summed E-state index contributed by atoms with van der Waals surface area (Å²) in [6.45, 7) is 4.05.